The van der Waals surface area contributed by atoms with E-state index >= 15 is 0 Å². The molecule has 1 aromatic carbocycles. The number of pyridine rings is 1. The van der Waals surface area contributed by atoms with Gasteiger partial charge >= 0.3 is 5.97 Å². The molecule has 120 valence electrons. The van der Waals surface area contributed by atoms with E-state index in [-0.39, 0.29) is 21.4 Å². The van der Waals surface area contributed by atoms with Gasteiger partial charge in [0.15, 0.2) is 6.61 Å². The molecule has 1 amide bonds. The molecule has 6 nitrogen and oxygen atoms in total. The second kappa shape index (κ2) is 6.85. The highest BCUT2D eigenvalue weighted by Gasteiger charge is 2.16. The SMILES string of the molecule is Cc1cc(C(N)=O)cnc1-c1ccc(OCC(=O)O)c(Cl)c1Cl. The lowest BCUT2D eigenvalue weighted by atomic mass is 10.0. The number of aromatic nitrogens is 1. The molecular weight excluding hydrogens is 343 g/mol. The average Bonchev–Trinajstić information content (AvgIpc) is 2.49. The van der Waals surface area contributed by atoms with E-state index in [1.54, 1.807) is 19.1 Å². The summed E-state index contributed by atoms with van der Waals surface area (Å²) >= 11 is 12.3. The number of hydrogen-bond acceptors (Lipinski definition) is 4. The Labute approximate surface area is 141 Å². The van der Waals surface area contributed by atoms with E-state index in [0.717, 1.165) is 0 Å². The van der Waals surface area contributed by atoms with Crippen molar-refractivity contribution in [2.45, 2.75) is 6.92 Å². The Morgan fingerprint density at radius 2 is 2.00 bits per heavy atom. The molecule has 0 aliphatic carbocycles. The molecule has 0 saturated heterocycles. The van der Waals surface area contributed by atoms with Crippen LogP contribution in [-0.4, -0.2) is 28.6 Å². The van der Waals surface area contributed by atoms with Gasteiger partial charge in [0, 0.05) is 11.8 Å². The van der Waals surface area contributed by atoms with Gasteiger partial charge in [0.1, 0.15) is 10.8 Å². The molecule has 0 saturated carbocycles. The lowest BCUT2D eigenvalue weighted by molar-refractivity contribution is -0.139. The van der Waals surface area contributed by atoms with E-state index in [1.807, 2.05) is 0 Å². The molecule has 1 heterocycles. The van der Waals surface area contributed by atoms with Crippen LogP contribution in [0.3, 0.4) is 0 Å². The first-order valence-corrected chi connectivity index (χ1v) is 7.16. The Bertz CT molecular complexity index is 793. The maximum atomic E-state index is 11.2. The Kier molecular flexibility index (Phi) is 5.08. The molecule has 0 unspecified atom stereocenters. The van der Waals surface area contributed by atoms with E-state index in [1.165, 1.54) is 12.3 Å². The maximum absolute atomic E-state index is 11.2. The van der Waals surface area contributed by atoms with Crippen LogP contribution in [0.1, 0.15) is 15.9 Å². The number of carboxylic acid groups (broad SMARTS) is 1. The van der Waals surface area contributed by atoms with Crippen molar-refractivity contribution < 1.29 is 19.4 Å². The number of nitrogens with two attached hydrogens (primary N) is 1. The molecule has 0 radical (unpaired) electrons. The number of carboxylic acids is 1. The fraction of sp³-hybridized carbons (Fsp3) is 0.133. The van der Waals surface area contributed by atoms with E-state index in [2.05, 4.69) is 4.98 Å². The zero-order valence-electron chi connectivity index (χ0n) is 12.0. The van der Waals surface area contributed by atoms with Crippen LogP contribution >= 0.6 is 23.2 Å². The topological polar surface area (TPSA) is 103 Å². The van der Waals surface area contributed by atoms with Gasteiger partial charge in [0.05, 0.1) is 16.3 Å². The summed E-state index contributed by atoms with van der Waals surface area (Å²) in [6, 6.07) is 4.73. The summed E-state index contributed by atoms with van der Waals surface area (Å²) < 4.78 is 5.05. The van der Waals surface area contributed by atoms with E-state index in [4.69, 9.17) is 38.8 Å². The van der Waals surface area contributed by atoms with Gasteiger partial charge in [-0.15, -0.1) is 0 Å². The van der Waals surface area contributed by atoms with Gasteiger partial charge < -0.3 is 15.6 Å². The van der Waals surface area contributed by atoms with Crippen LogP contribution in [0.25, 0.3) is 11.3 Å². The van der Waals surface area contributed by atoms with Crippen LogP contribution in [0.5, 0.6) is 5.75 Å². The van der Waals surface area contributed by atoms with E-state index in [9.17, 15) is 9.59 Å². The monoisotopic (exact) mass is 354 g/mol. The number of ether oxygens (including phenoxy) is 1. The molecule has 0 spiro atoms. The van der Waals surface area contributed by atoms with Crippen molar-refractivity contribution in [3.8, 4) is 17.0 Å². The zero-order valence-corrected chi connectivity index (χ0v) is 13.5. The van der Waals surface area contributed by atoms with E-state index in [0.29, 0.717) is 16.8 Å². The van der Waals surface area contributed by atoms with Gasteiger partial charge in [-0.25, -0.2) is 4.79 Å². The summed E-state index contributed by atoms with van der Waals surface area (Å²) in [5, 5.41) is 8.89. The van der Waals surface area contributed by atoms with Crippen molar-refractivity contribution in [3.05, 3.63) is 45.6 Å². The number of halogens is 2. The summed E-state index contributed by atoms with van der Waals surface area (Å²) in [5.41, 5.74) is 7.26. The van der Waals surface area contributed by atoms with Crippen LogP contribution < -0.4 is 10.5 Å². The van der Waals surface area contributed by atoms with Crippen molar-refractivity contribution in [3.63, 3.8) is 0 Å². The number of aryl methyl sites for hydroxylation is 1. The number of rotatable bonds is 5. The largest absolute Gasteiger partial charge is 0.480 e. The Morgan fingerprint density at radius 3 is 2.57 bits per heavy atom. The summed E-state index contributed by atoms with van der Waals surface area (Å²) in [4.78, 5) is 25.9. The van der Waals surface area contributed by atoms with Gasteiger partial charge in [-0.3, -0.25) is 9.78 Å². The van der Waals surface area contributed by atoms with Crippen molar-refractivity contribution in [1.82, 2.24) is 4.98 Å². The highest BCUT2D eigenvalue weighted by Crippen LogP contribution is 2.39. The molecular formula is C15H12Cl2N2O4. The number of hydrogen-bond donors (Lipinski definition) is 2. The minimum atomic E-state index is -1.12. The third-order valence-corrected chi connectivity index (χ3v) is 3.88. The molecule has 8 heteroatoms. The molecule has 0 aliphatic heterocycles. The van der Waals surface area contributed by atoms with Gasteiger partial charge in [0.25, 0.3) is 0 Å². The van der Waals surface area contributed by atoms with Gasteiger partial charge in [-0.1, -0.05) is 23.2 Å². The number of primary amides is 1. The number of carbonyl (C=O) groups is 2. The maximum Gasteiger partial charge on any atom is 0.341 e. The molecule has 1 aromatic heterocycles. The van der Waals surface area contributed by atoms with Crippen molar-refractivity contribution in [2.24, 2.45) is 5.73 Å². The second-order valence-corrected chi connectivity index (χ2v) is 5.43. The highest BCUT2D eigenvalue weighted by atomic mass is 35.5. The normalized spacial score (nSPS) is 10.4. The van der Waals surface area contributed by atoms with Crippen LogP contribution in [0.4, 0.5) is 0 Å². The molecule has 0 aliphatic rings. The van der Waals surface area contributed by atoms with Gasteiger partial charge in [-0.05, 0) is 30.7 Å². The Balaban J connectivity index is 2.43. The molecule has 0 fully saturated rings. The first-order chi connectivity index (χ1) is 10.8. The number of aliphatic carboxylic acids is 1. The Morgan fingerprint density at radius 1 is 1.30 bits per heavy atom. The third kappa shape index (κ3) is 3.72. The second-order valence-electron chi connectivity index (χ2n) is 4.68. The average molecular weight is 355 g/mol. The fourth-order valence-corrected chi connectivity index (χ4v) is 2.42. The van der Waals surface area contributed by atoms with Crippen LogP contribution in [-0.2, 0) is 4.79 Å². The molecule has 3 N–H and O–H groups in total. The molecule has 23 heavy (non-hydrogen) atoms. The number of carbonyl (C=O) groups excluding carboxylic acids is 1. The molecule has 2 aromatic rings. The molecule has 0 atom stereocenters. The third-order valence-electron chi connectivity index (χ3n) is 3.02. The smallest absolute Gasteiger partial charge is 0.341 e. The lowest BCUT2D eigenvalue weighted by Crippen LogP contribution is -2.12. The minimum absolute atomic E-state index is 0.0885. The van der Waals surface area contributed by atoms with E-state index < -0.39 is 18.5 Å². The van der Waals surface area contributed by atoms with Gasteiger partial charge in [-0.2, -0.15) is 0 Å². The van der Waals surface area contributed by atoms with Crippen molar-refractivity contribution >= 4 is 35.1 Å². The predicted molar refractivity (Wildman–Crippen MR) is 86.1 cm³/mol. The lowest BCUT2D eigenvalue weighted by Gasteiger charge is -2.12. The quantitative estimate of drug-likeness (QED) is 0.859. The summed E-state index contributed by atoms with van der Waals surface area (Å²) in [5.74, 6) is -1.54. The highest BCUT2D eigenvalue weighted by molar-refractivity contribution is 6.44. The van der Waals surface area contributed by atoms with Crippen molar-refractivity contribution in [2.75, 3.05) is 6.61 Å². The van der Waals surface area contributed by atoms with Gasteiger partial charge in [0.2, 0.25) is 5.91 Å². The number of amides is 1. The number of benzene rings is 1. The summed E-state index contributed by atoms with van der Waals surface area (Å²) in [6.45, 7) is 1.23. The van der Waals surface area contributed by atoms with Crippen LogP contribution in [0, 0.1) is 6.92 Å². The molecule has 2 rings (SSSR count). The zero-order chi connectivity index (χ0) is 17.1. The predicted octanol–water partition coefficient (Wildman–Crippen LogP) is 2.93. The van der Waals surface area contributed by atoms with Crippen LogP contribution in [0.2, 0.25) is 10.0 Å². The summed E-state index contributed by atoms with van der Waals surface area (Å²) in [7, 11) is 0. The summed E-state index contributed by atoms with van der Waals surface area (Å²) in [6.07, 6.45) is 1.35. The standard InChI is InChI=1S/C15H12Cl2N2O4/c1-7-4-8(15(18)22)5-19-14(7)9-2-3-10(13(17)12(9)16)23-6-11(20)21/h2-5H,6H2,1H3,(H2,18,22)(H,20,21). The minimum Gasteiger partial charge on any atom is -0.480 e. The first-order valence-electron chi connectivity index (χ1n) is 6.40. The first kappa shape index (κ1) is 17.1. The van der Waals surface area contributed by atoms with Crippen LogP contribution in [0.15, 0.2) is 24.4 Å². The van der Waals surface area contributed by atoms with Crippen molar-refractivity contribution in [1.29, 1.82) is 0 Å². The Hall–Kier alpha value is -2.31. The fourth-order valence-electron chi connectivity index (χ4n) is 1.96. The number of nitrogens with zero attached hydrogens (tertiary/aromatic N) is 1. The molecule has 0 bridgehead atoms.